The molecule has 208 valence electrons. The fraction of sp³-hybridized carbons (Fsp3) is 0.138. The van der Waals surface area contributed by atoms with E-state index in [0.29, 0.717) is 11.4 Å². The van der Waals surface area contributed by atoms with E-state index in [9.17, 15) is 21.6 Å². The minimum atomic E-state index is -4.05. The molecule has 4 aromatic carbocycles. The lowest BCUT2D eigenvalue weighted by Gasteiger charge is -2.11. The van der Waals surface area contributed by atoms with Gasteiger partial charge < -0.3 is 19.0 Å². The molecular weight excluding hydrogens is 552 g/mol. The topological polar surface area (TPSA) is 128 Å². The SMILES string of the molecule is CCc1ccc(S(=O)(=O)Oc2ccc(NC(=O)Nc3cccc(OS(=O)(=O)c4ccc(CC)cc4)c3)cc2)cc1. The quantitative estimate of drug-likeness (QED) is 0.221. The fourth-order valence-electron chi connectivity index (χ4n) is 3.65. The van der Waals surface area contributed by atoms with Gasteiger partial charge >= 0.3 is 26.3 Å². The van der Waals surface area contributed by atoms with Crippen molar-refractivity contribution >= 4 is 37.6 Å². The maximum absolute atomic E-state index is 12.6. The molecule has 0 aliphatic carbocycles. The fourth-order valence-corrected chi connectivity index (χ4v) is 5.50. The Balaban J connectivity index is 1.35. The van der Waals surface area contributed by atoms with Gasteiger partial charge in [0.25, 0.3) is 0 Å². The highest BCUT2D eigenvalue weighted by Crippen LogP contribution is 2.24. The number of aryl methyl sites for hydroxylation is 2. The van der Waals surface area contributed by atoms with Crippen molar-refractivity contribution in [3.63, 3.8) is 0 Å². The average molecular weight is 581 g/mol. The molecular formula is C29H28N2O7S2. The highest BCUT2D eigenvalue weighted by molar-refractivity contribution is 7.87. The summed E-state index contributed by atoms with van der Waals surface area (Å²) in [7, 11) is -8.06. The maximum atomic E-state index is 12.6. The van der Waals surface area contributed by atoms with Crippen LogP contribution in [-0.2, 0) is 33.1 Å². The van der Waals surface area contributed by atoms with Crippen molar-refractivity contribution in [2.75, 3.05) is 10.6 Å². The molecule has 40 heavy (non-hydrogen) atoms. The van der Waals surface area contributed by atoms with Crippen molar-refractivity contribution < 1.29 is 30.0 Å². The van der Waals surface area contributed by atoms with E-state index in [1.54, 1.807) is 36.4 Å². The van der Waals surface area contributed by atoms with Crippen molar-refractivity contribution in [2.24, 2.45) is 0 Å². The molecule has 2 N–H and O–H groups in total. The Hall–Kier alpha value is -4.35. The molecule has 0 saturated heterocycles. The minimum Gasteiger partial charge on any atom is -0.379 e. The molecule has 0 aromatic heterocycles. The monoisotopic (exact) mass is 580 g/mol. The summed E-state index contributed by atoms with van der Waals surface area (Å²) in [5.41, 5.74) is 2.68. The minimum absolute atomic E-state index is 0.0235. The summed E-state index contributed by atoms with van der Waals surface area (Å²) < 4.78 is 60.8. The molecule has 0 atom stereocenters. The number of amides is 2. The van der Waals surface area contributed by atoms with E-state index in [1.807, 2.05) is 13.8 Å². The number of benzene rings is 4. The summed E-state index contributed by atoms with van der Waals surface area (Å²) in [6, 6.07) is 24.0. The van der Waals surface area contributed by atoms with Crippen LogP contribution in [0.4, 0.5) is 16.2 Å². The molecule has 4 rings (SSSR count). The number of carbonyl (C=O) groups excluding carboxylic acids is 1. The molecule has 0 unspecified atom stereocenters. The van der Waals surface area contributed by atoms with Crippen LogP contribution in [-0.4, -0.2) is 22.9 Å². The van der Waals surface area contributed by atoms with Gasteiger partial charge in [0, 0.05) is 17.4 Å². The van der Waals surface area contributed by atoms with E-state index in [1.165, 1.54) is 60.7 Å². The molecule has 0 heterocycles. The van der Waals surface area contributed by atoms with Crippen molar-refractivity contribution in [1.82, 2.24) is 0 Å². The van der Waals surface area contributed by atoms with Crippen LogP contribution in [0.15, 0.2) is 107 Å². The summed E-state index contributed by atoms with van der Waals surface area (Å²) in [5, 5.41) is 5.22. The highest BCUT2D eigenvalue weighted by atomic mass is 32.2. The summed E-state index contributed by atoms with van der Waals surface area (Å²) >= 11 is 0. The summed E-state index contributed by atoms with van der Waals surface area (Å²) in [6.45, 7) is 3.95. The van der Waals surface area contributed by atoms with Gasteiger partial charge in [-0.2, -0.15) is 16.8 Å². The van der Waals surface area contributed by atoms with Gasteiger partial charge in [-0.25, -0.2) is 4.79 Å². The van der Waals surface area contributed by atoms with Crippen LogP contribution in [0.25, 0.3) is 0 Å². The summed E-state index contributed by atoms with van der Waals surface area (Å²) in [6.07, 6.45) is 1.57. The first-order valence-electron chi connectivity index (χ1n) is 12.4. The third-order valence-electron chi connectivity index (χ3n) is 5.86. The van der Waals surface area contributed by atoms with Crippen LogP contribution >= 0.6 is 0 Å². The Morgan fingerprint density at radius 3 is 1.57 bits per heavy atom. The van der Waals surface area contributed by atoms with Crippen LogP contribution in [0, 0.1) is 0 Å². The number of rotatable bonds is 10. The molecule has 0 saturated carbocycles. The lowest BCUT2D eigenvalue weighted by Crippen LogP contribution is -2.19. The van der Waals surface area contributed by atoms with Gasteiger partial charge in [-0.05, 0) is 84.6 Å². The van der Waals surface area contributed by atoms with Crippen molar-refractivity contribution in [3.8, 4) is 11.5 Å². The van der Waals surface area contributed by atoms with Crippen molar-refractivity contribution in [2.45, 2.75) is 36.5 Å². The number of urea groups is 1. The number of hydrogen-bond donors (Lipinski definition) is 2. The van der Waals surface area contributed by atoms with Gasteiger partial charge in [0.15, 0.2) is 0 Å². The zero-order chi connectivity index (χ0) is 28.8. The van der Waals surface area contributed by atoms with Crippen LogP contribution in [0.3, 0.4) is 0 Å². The first-order chi connectivity index (χ1) is 19.1. The lowest BCUT2D eigenvalue weighted by atomic mass is 10.2. The summed E-state index contributed by atoms with van der Waals surface area (Å²) in [5.74, 6) is 0.116. The second-order valence-corrected chi connectivity index (χ2v) is 11.8. The predicted molar refractivity (Wildman–Crippen MR) is 153 cm³/mol. The largest absolute Gasteiger partial charge is 0.379 e. The van der Waals surface area contributed by atoms with Gasteiger partial charge in [-0.1, -0.05) is 44.2 Å². The molecule has 2 amide bonds. The van der Waals surface area contributed by atoms with E-state index in [2.05, 4.69) is 10.6 Å². The second kappa shape index (κ2) is 12.2. The zero-order valence-electron chi connectivity index (χ0n) is 21.8. The average Bonchev–Trinajstić information content (AvgIpc) is 2.94. The molecule has 0 spiro atoms. The molecule has 11 heteroatoms. The molecule has 0 radical (unpaired) electrons. The Bertz CT molecular complexity index is 1690. The third-order valence-corrected chi connectivity index (χ3v) is 8.38. The Kier molecular flexibility index (Phi) is 8.76. The van der Waals surface area contributed by atoms with Crippen LogP contribution < -0.4 is 19.0 Å². The van der Waals surface area contributed by atoms with Gasteiger partial charge in [-0.3, -0.25) is 0 Å². The number of anilines is 2. The lowest BCUT2D eigenvalue weighted by molar-refractivity contribution is 0.262. The van der Waals surface area contributed by atoms with E-state index in [-0.39, 0.29) is 21.3 Å². The van der Waals surface area contributed by atoms with Gasteiger partial charge in [-0.15, -0.1) is 0 Å². The Labute approximate surface area is 234 Å². The first-order valence-corrected chi connectivity index (χ1v) is 15.2. The molecule has 0 aliphatic rings. The molecule has 4 aromatic rings. The normalized spacial score (nSPS) is 11.4. The zero-order valence-corrected chi connectivity index (χ0v) is 23.5. The van der Waals surface area contributed by atoms with Gasteiger partial charge in [0.1, 0.15) is 21.3 Å². The highest BCUT2D eigenvalue weighted by Gasteiger charge is 2.18. The number of hydrogen-bond acceptors (Lipinski definition) is 7. The van der Waals surface area contributed by atoms with Gasteiger partial charge in [0.05, 0.1) is 0 Å². The van der Waals surface area contributed by atoms with Crippen LogP contribution in [0.5, 0.6) is 11.5 Å². The Morgan fingerprint density at radius 2 is 1.07 bits per heavy atom. The van der Waals surface area contributed by atoms with Crippen LogP contribution in [0.1, 0.15) is 25.0 Å². The van der Waals surface area contributed by atoms with Gasteiger partial charge in [0.2, 0.25) is 0 Å². The Morgan fingerprint density at radius 1 is 0.600 bits per heavy atom. The smallest absolute Gasteiger partial charge is 0.339 e. The molecule has 0 aliphatic heterocycles. The van der Waals surface area contributed by atoms with E-state index in [4.69, 9.17) is 8.37 Å². The summed E-state index contributed by atoms with van der Waals surface area (Å²) in [4.78, 5) is 12.6. The van der Waals surface area contributed by atoms with Crippen LogP contribution in [0.2, 0.25) is 0 Å². The maximum Gasteiger partial charge on any atom is 0.339 e. The van der Waals surface area contributed by atoms with E-state index in [0.717, 1.165) is 24.0 Å². The first kappa shape index (κ1) is 28.7. The number of carbonyl (C=O) groups is 1. The van der Waals surface area contributed by atoms with E-state index < -0.39 is 26.3 Å². The van der Waals surface area contributed by atoms with Crippen molar-refractivity contribution in [1.29, 1.82) is 0 Å². The van der Waals surface area contributed by atoms with Crippen molar-refractivity contribution in [3.05, 3.63) is 108 Å². The molecule has 0 bridgehead atoms. The molecule has 9 nitrogen and oxygen atoms in total. The molecule has 0 fully saturated rings. The third kappa shape index (κ3) is 7.39. The van der Waals surface area contributed by atoms with E-state index >= 15 is 0 Å². The standard InChI is InChI=1S/C29H28N2O7S2/c1-3-21-8-16-27(17-9-21)39(33,34)37-25-14-12-23(13-15-25)30-29(32)31-24-6-5-7-26(20-24)38-40(35,36)28-18-10-22(4-2)11-19-28/h5-20H,3-4H2,1-2H3,(H2,30,31,32). The second-order valence-electron chi connectivity index (χ2n) is 8.70. The number of nitrogens with one attached hydrogen (secondary N) is 2. The predicted octanol–water partition coefficient (Wildman–Crippen LogP) is 5.99.